The van der Waals surface area contributed by atoms with E-state index in [4.69, 9.17) is 43.9 Å². The normalized spacial score (nSPS) is 18.3. The Bertz CT molecular complexity index is 2710. The quantitative estimate of drug-likeness (QED) is 0.0426. The summed E-state index contributed by atoms with van der Waals surface area (Å²) in [6.07, 6.45) is 6.14. The van der Waals surface area contributed by atoms with Crippen LogP contribution in [0.3, 0.4) is 0 Å². The summed E-state index contributed by atoms with van der Waals surface area (Å²) < 4.78 is 49.1. The lowest BCUT2D eigenvalue weighted by atomic mass is 9.76. The van der Waals surface area contributed by atoms with Crippen molar-refractivity contribution in [1.82, 2.24) is 14.5 Å². The molecule has 0 unspecified atom stereocenters. The minimum Gasteiger partial charge on any atom is -0.497 e. The van der Waals surface area contributed by atoms with Crippen molar-refractivity contribution in [2.75, 3.05) is 33.5 Å². The van der Waals surface area contributed by atoms with Crippen LogP contribution in [0.1, 0.15) is 58.3 Å². The molecule has 3 heterocycles. The van der Waals surface area contributed by atoms with Gasteiger partial charge in [0.15, 0.2) is 6.29 Å². The summed E-state index contributed by atoms with van der Waals surface area (Å²) in [6.45, 7) is 2.65. The first-order valence-electron chi connectivity index (χ1n) is 24.5. The average Bonchev–Trinajstić information content (AvgIpc) is 4.07. The maximum absolute atomic E-state index is 7.11. The molecule has 5 atom stereocenters. The van der Waals surface area contributed by atoms with Crippen molar-refractivity contribution >= 4 is 10.9 Å². The maximum atomic E-state index is 7.11. The Labute approximate surface area is 411 Å². The second-order valence-electron chi connectivity index (χ2n) is 17.7. The van der Waals surface area contributed by atoms with E-state index in [1.165, 1.54) is 0 Å². The molecule has 2 aromatic heterocycles. The van der Waals surface area contributed by atoms with Crippen molar-refractivity contribution in [2.24, 2.45) is 5.73 Å². The minimum atomic E-state index is -0.845. The molecule has 9 rings (SSSR count). The van der Waals surface area contributed by atoms with Gasteiger partial charge in [-0.1, -0.05) is 152 Å². The number of fused-ring (bicyclic) bond motifs is 1. The van der Waals surface area contributed by atoms with Crippen molar-refractivity contribution in [3.05, 3.63) is 228 Å². The van der Waals surface area contributed by atoms with E-state index in [0.717, 1.165) is 69.3 Å². The third kappa shape index (κ3) is 11.6. The summed E-state index contributed by atoms with van der Waals surface area (Å²) in [5, 5.41) is 1.16. The fourth-order valence-electron chi connectivity index (χ4n) is 9.54. The fourth-order valence-corrected chi connectivity index (χ4v) is 9.54. The molecular weight excluding hydrogens is 877 g/mol. The molecule has 11 nitrogen and oxygen atoms in total. The molecule has 0 amide bonds. The summed E-state index contributed by atoms with van der Waals surface area (Å²) >= 11 is 0. The van der Waals surface area contributed by atoms with Crippen molar-refractivity contribution in [3.63, 3.8) is 0 Å². The molecule has 0 aliphatic carbocycles. The third-order valence-electron chi connectivity index (χ3n) is 13.1. The Morgan fingerprint density at radius 1 is 0.614 bits per heavy atom. The predicted octanol–water partition coefficient (Wildman–Crippen LogP) is 10.4. The van der Waals surface area contributed by atoms with Gasteiger partial charge in [-0.05, 0) is 83.8 Å². The number of nitrogens with one attached hydrogen (secondary N) is 1. The molecule has 11 heteroatoms. The molecule has 0 bridgehead atoms. The Morgan fingerprint density at radius 2 is 1.21 bits per heavy atom. The fraction of sp³-hybridized carbons (Fsp3) is 0.305. The lowest BCUT2D eigenvalue weighted by molar-refractivity contribution is -0.328. The molecule has 6 aromatic carbocycles. The van der Waals surface area contributed by atoms with Crippen LogP contribution in [-0.2, 0) is 60.2 Å². The van der Waals surface area contributed by atoms with Crippen LogP contribution < -0.4 is 10.5 Å². The van der Waals surface area contributed by atoms with Crippen LogP contribution >= 0.6 is 0 Å². The number of aromatic amines is 1. The van der Waals surface area contributed by atoms with E-state index in [-0.39, 0.29) is 13.2 Å². The van der Waals surface area contributed by atoms with Crippen molar-refractivity contribution in [1.29, 1.82) is 0 Å². The molecule has 0 radical (unpaired) electrons. The second-order valence-corrected chi connectivity index (χ2v) is 17.7. The minimum absolute atomic E-state index is 0.129. The highest BCUT2D eigenvalue weighted by atomic mass is 16.7. The van der Waals surface area contributed by atoms with E-state index < -0.39 is 36.2 Å². The van der Waals surface area contributed by atoms with Gasteiger partial charge in [-0.25, -0.2) is 4.98 Å². The molecule has 70 heavy (non-hydrogen) atoms. The second kappa shape index (κ2) is 24.4. The molecular formula is C59H64N4O7. The molecule has 1 fully saturated rings. The zero-order chi connectivity index (χ0) is 47.8. The van der Waals surface area contributed by atoms with Gasteiger partial charge in [0.25, 0.3) is 0 Å². The number of unbranched alkanes of at least 4 members (excludes halogenated alkanes) is 2. The van der Waals surface area contributed by atoms with Gasteiger partial charge in [0.2, 0.25) is 0 Å². The number of methoxy groups -OCH3 is 1. The summed E-state index contributed by atoms with van der Waals surface area (Å²) in [5.41, 5.74) is 13.2. The van der Waals surface area contributed by atoms with Gasteiger partial charge in [0.05, 0.1) is 52.2 Å². The Balaban J connectivity index is 1.07. The first kappa shape index (κ1) is 48.6. The number of hydrogen-bond donors (Lipinski definition) is 2. The smallest absolute Gasteiger partial charge is 0.186 e. The summed E-state index contributed by atoms with van der Waals surface area (Å²) in [4.78, 5) is 8.46. The highest BCUT2D eigenvalue weighted by Gasteiger charge is 2.49. The van der Waals surface area contributed by atoms with E-state index >= 15 is 0 Å². The third-order valence-corrected chi connectivity index (χ3v) is 13.1. The number of ether oxygens (including phenoxy) is 7. The number of hydrogen-bond acceptors (Lipinski definition) is 9. The predicted molar refractivity (Wildman–Crippen MR) is 272 cm³/mol. The van der Waals surface area contributed by atoms with Gasteiger partial charge in [-0.2, -0.15) is 0 Å². The zero-order valence-corrected chi connectivity index (χ0v) is 39.9. The van der Waals surface area contributed by atoms with Gasteiger partial charge < -0.3 is 48.4 Å². The monoisotopic (exact) mass is 940 g/mol. The van der Waals surface area contributed by atoms with Crippen LogP contribution in [0.2, 0.25) is 0 Å². The number of nitrogens with zero attached hydrogens (tertiary/aromatic N) is 2. The lowest BCUT2D eigenvalue weighted by Crippen LogP contribution is -2.62. The Kier molecular flexibility index (Phi) is 17.0. The Hall–Kier alpha value is -6.41. The number of para-hydroxylation sites is 1. The van der Waals surface area contributed by atoms with Crippen LogP contribution in [0.15, 0.2) is 189 Å². The van der Waals surface area contributed by atoms with Crippen molar-refractivity contribution in [3.8, 4) is 5.75 Å². The number of imidazole rings is 1. The Morgan fingerprint density at radius 3 is 1.87 bits per heavy atom. The molecule has 1 aliphatic heterocycles. The largest absolute Gasteiger partial charge is 0.497 e. The van der Waals surface area contributed by atoms with Gasteiger partial charge in [0.1, 0.15) is 35.7 Å². The number of nitrogens with two attached hydrogens (primary N) is 1. The molecule has 362 valence electrons. The van der Waals surface area contributed by atoms with Crippen LogP contribution in [-0.4, -0.2) is 78.7 Å². The molecule has 3 N–H and O–H groups in total. The first-order valence-corrected chi connectivity index (χ1v) is 24.5. The summed E-state index contributed by atoms with van der Waals surface area (Å²) in [7, 11) is 1.68. The molecule has 0 saturated carbocycles. The standard InChI is InChI=1S/C59H64N4O7/c1-64-51-31-29-49(30-32-51)59(47-23-11-4-12-24-47,48-25-13-5-14-26-48)63-38-50(62-43-63)41-69-57-56(68-40-45-21-9-3-10-22-45)55(67-39-44-19-7-2-8-20-44)54(42-65-35-18-6-17-34-60)70-58(57)66-36-33-46-37-61-53-28-16-15-27-52(46)53/h2-5,7-16,19-32,37-38,43,54-58,61H,6,17-18,33-36,39-42,60H2,1H3/t54-,55-,56+,57+,58-/m0/s1. The zero-order valence-electron chi connectivity index (χ0n) is 39.9. The van der Waals surface area contributed by atoms with Gasteiger partial charge in [-0.15, -0.1) is 0 Å². The van der Waals surface area contributed by atoms with Crippen LogP contribution in [0, 0.1) is 0 Å². The SMILES string of the molecule is COc1ccc(C(c2ccccc2)(c2ccccc2)n2cnc(CO[C@H]3[C@@H](OCCc4c[nH]c5ccccc45)O[C@@H](COCCCCCN)[C@H](OCc4ccccc4)[C@H]3OCc3ccccc3)c2)cc1. The highest BCUT2D eigenvalue weighted by Crippen LogP contribution is 2.42. The summed E-state index contributed by atoms with van der Waals surface area (Å²) in [6, 6.07) is 57.9. The number of benzene rings is 6. The van der Waals surface area contributed by atoms with Gasteiger partial charge in [-0.3, -0.25) is 0 Å². The average molecular weight is 941 g/mol. The maximum Gasteiger partial charge on any atom is 0.186 e. The number of aromatic nitrogens is 3. The summed E-state index contributed by atoms with van der Waals surface area (Å²) in [5.74, 6) is 0.776. The van der Waals surface area contributed by atoms with Crippen LogP contribution in [0.4, 0.5) is 0 Å². The van der Waals surface area contributed by atoms with Crippen molar-refractivity contribution < 1.29 is 33.2 Å². The first-order chi connectivity index (χ1) is 34.6. The highest BCUT2D eigenvalue weighted by molar-refractivity contribution is 5.83. The van der Waals surface area contributed by atoms with E-state index in [0.29, 0.717) is 45.1 Å². The van der Waals surface area contributed by atoms with E-state index in [1.54, 1.807) is 7.11 Å². The lowest BCUT2D eigenvalue weighted by Gasteiger charge is -2.45. The van der Waals surface area contributed by atoms with Crippen LogP contribution in [0.25, 0.3) is 10.9 Å². The van der Waals surface area contributed by atoms with Gasteiger partial charge in [0, 0.05) is 29.9 Å². The van der Waals surface area contributed by atoms with Crippen LogP contribution in [0.5, 0.6) is 5.75 Å². The number of H-pyrrole nitrogens is 1. The van der Waals surface area contributed by atoms with E-state index in [9.17, 15) is 0 Å². The molecule has 1 saturated heterocycles. The van der Waals surface area contributed by atoms with Crippen molar-refractivity contribution in [2.45, 2.75) is 81.7 Å². The molecule has 0 spiro atoms. The van der Waals surface area contributed by atoms with Gasteiger partial charge >= 0.3 is 0 Å². The molecule has 8 aromatic rings. The van der Waals surface area contributed by atoms with E-state index in [2.05, 4.69) is 125 Å². The topological polar surface area (TPSA) is 124 Å². The molecule has 1 aliphatic rings. The number of rotatable bonds is 25. The van der Waals surface area contributed by atoms with E-state index in [1.807, 2.05) is 73.1 Å².